The Balaban J connectivity index is 2.10. The lowest BCUT2D eigenvalue weighted by molar-refractivity contribution is 0.415. The van der Waals surface area contributed by atoms with Crippen LogP contribution >= 0.6 is 0 Å². The SMILES string of the molecule is CCCn1c(C2CCNC2)nc2cc(OC)ccc21. The zero-order valence-corrected chi connectivity index (χ0v) is 11.6. The van der Waals surface area contributed by atoms with E-state index in [9.17, 15) is 0 Å². The molecule has 4 nitrogen and oxygen atoms in total. The van der Waals surface area contributed by atoms with Gasteiger partial charge in [-0.1, -0.05) is 6.92 Å². The molecule has 0 saturated carbocycles. The second-order valence-electron chi connectivity index (χ2n) is 5.17. The molecule has 0 aliphatic carbocycles. The second kappa shape index (κ2) is 5.21. The van der Waals surface area contributed by atoms with Crippen LogP contribution in [0.1, 0.15) is 31.5 Å². The monoisotopic (exact) mass is 259 g/mol. The van der Waals surface area contributed by atoms with Gasteiger partial charge in [-0.25, -0.2) is 4.98 Å². The van der Waals surface area contributed by atoms with Crippen molar-refractivity contribution in [2.45, 2.75) is 32.2 Å². The van der Waals surface area contributed by atoms with Crippen molar-refractivity contribution >= 4 is 11.0 Å². The normalized spacial score (nSPS) is 19.2. The third-order valence-electron chi connectivity index (χ3n) is 3.86. The number of nitrogens with one attached hydrogen (secondary N) is 1. The fourth-order valence-corrected chi connectivity index (χ4v) is 2.90. The van der Waals surface area contributed by atoms with Crippen LogP contribution in [0.25, 0.3) is 11.0 Å². The summed E-state index contributed by atoms with van der Waals surface area (Å²) in [5, 5.41) is 3.43. The van der Waals surface area contributed by atoms with Gasteiger partial charge in [0.2, 0.25) is 0 Å². The van der Waals surface area contributed by atoms with Crippen molar-refractivity contribution in [1.82, 2.24) is 14.9 Å². The molecule has 0 radical (unpaired) electrons. The largest absolute Gasteiger partial charge is 0.497 e. The van der Waals surface area contributed by atoms with Crippen molar-refractivity contribution in [2.75, 3.05) is 20.2 Å². The molecule has 1 saturated heterocycles. The number of aromatic nitrogens is 2. The molecule has 0 amide bonds. The maximum absolute atomic E-state index is 5.30. The summed E-state index contributed by atoms with van der Waals surface area (Å²) in [4.78, 5) is 4.86. The molecule has 3 rings (SSSR count). The number of ether oxygens (including phenoxy) is 1. The molecule has 0 spiro atoms. The van der Waals surface area contributed by atoms with Crippen LogP contribution in [0.3, 0.4) is 0 Å². The van der Waals surface area contributed by atoms with Gasteiger partial charge in [0, 0.05) is 25.1 Å². The van der Waals surface area contributed by atoms with Gasteiger partial charge >= 0.3 is 0 Å². The zero-order valence-electron chi connectivity index (χ0n) is 11.6. The van der Waals surface area contributed by atoms with Gasteiger partial charge < -0.3 is 14.6 Å². The first-order valence-corrected chi connectivity index (χ1v) is 7.08. The van der Waals surface area contributed by atoms with Gasteiger partial charge in [0.15, 0.2) is 0 Å². The fourth-order valence-electron chi connectivity index (χ4n) is 2.90. The lowest BCUT2D eigenvalue weighted by atomic mass is 10.1. The van der Waals surface area contributed by atoms with E-state index in [4.69, 9.17) is 9.72 Å². The van der Waals surface area contributed by atoms with E-state index in [1.165, 1.54) is 17.8 Å². The van der Waals surface area contributed by atoms with E-state index in [2.05, 4.69) is 22.9 Å². The molecule has 19 heavy (non-hydrogen) atoms. The molecule has 2 heterocycles. The van der Waals surface area contributed by atoms with Crippen molar-refractivity contribution in [3.63, 3.8) is 0 Å². The first-order valence-electron chi connectivity index (χ1n) is 7.08. The van der Waals surface area contributed by atoms with E-state index < -0.39 is 0 Å². The average Bonchev–Trinajstić information content (AvgIpc) is 3.06. The number of methoxy groups -OCH3 is 1. The number of rotatable bonds is 4. The van der Waals surface area contributed by atoms with E-state index in [0.717, 1.165) is 37.3 Å². The summed E-state index contributed by atoms with van der Waals surface area (Å²) in [5.74, 6) is 2.66. The molecular weight excluding hydrogens is 238 g/mol. The van der Waals surface area contributed by atoms with Crippen LogP contribution in [-0.4, -0.2) is 29.8 Å². The maximum Gasteiger partial charge on any atom is 0.121 e. The molecule has 0 bridgehead atoms. The van der Waals surface area contributed by atoms with Gasteiger partial charge in [0.25, 0.3) is 0 Å². The number of nitrogens with zero attached hydrogens (tertiary/aromatic N) is 2. The Kier molecular flexibility index (Phi) is 3.42. The molecule has 1 aliphatic heterocycles. The first-order chi connectivity index (χ1) is 9.33. The molecule has 1 aromatic heterocycles. The van der Waals surface area contributed by atoms with Gasteiger partial charge in [-0.3, -0.25) is 0 Å². The topological polar surface area (TPSA) is 39.1 Å². The molecule has 1 fully saturated rings. The maximum atomic E-state index is 5.30. The van der Waals surface area contributed by atoms with Gasteiger partial charge in [0.1, 0.15) is 11.6 Å². The standard InChI is InChI=1S/C15H21N3O/c1-3-8-18-14-5-4-12(19-2)9-13(14)17-15(18)11-6-7-16-10-11/h4-5,9,11,16H,3,6-8,10H2,1-2H3. The predicted octanol–water partition coefficient (Wildman–Crippen LogP) is 2.53. The number of aryl methyl sites for hydroxylation is 1. The third kappa shape index (κ3) is 2.21. The molecule has 102 valence electrons. The minimum atomic E-state index is 0.546. The number of fused-ring (bicyclic) bond motifs is 1. The van der Waals surface area contributed by atoms with E-state index in [1.807, 2.05) is 12.1 Å². The number of hydrogen-bond donors (Lipinski definition) is 1. The van der Waals surface area contributed by atoms with Crippen LogP contribution < -0.4 is 10.1 Å². The van der Waals surface area contributed by atoms with Crippen molar-refractivity contribution in [1.29, 1.82) is 0 Å². The minimum Gasteiger partial charge on any atom is -0.497 e. The molecule has 1 unspecified atom stereocenters. The minimum absolute atomic E-state index is 0.546. The summed E-state index contributed by atoms with van der Waals surface area (Å²) >= 11 is 0. The van der Waals surface area contributed by atoms with Crippen molar-refractivity contribution in [3.8, 4) is 5.75 Å². The van der Waals surface area contributed by atoms with E-state index in [-0.39, 0.29) is 0 Å². The lowest BCUT2D eigenvalue weighted by Crippen LogP contribution is -2.12. The van der Waals surface area contributed by atoms with Crippen LogP contribution in [0, 0.1) is 0 Å². The Morgan fingerprint density at radius 2 is 2.37 bits per heavy atom. The second-order valence-corrected chi connectivity index (χ2v) is 5.17. The number of imidazole rings is 1. The summed E-state index contributed by atoms with van der Waals surface area (Å²) in [6, 6.07) is 6.18. The van der Waals surface area contributed by atoms with Crippen molar-refractivity contribution in [2.24, 2.45) is 0 Å². The number of hydrogen-bond acceptors (Lipinski definition) is 3. The summed E-state index contributed by atoms with van der Waals surface area (Å²) in [5.41, 5.74) is 2.28. The zero-order chi connectivity index (χ0) is 13.2. The highest BCUT2D eigenvalue weighted by Gasteiger charge is 2.23. The van der Waals surface area contributed by atoms with Crippen LogP contribution in [0.5, 0.6) is 5.75 Å². The van der Waals surface area contributed by atoms with Gasteiger partial charge in [-0.15, -0.1) is 0 Å². The highest BCUT2D eigenvalue weighted by atomic mass is 16.5. The Bertz CT molecular complexity index is 570. The Morgan fingerprint density at radius 3 is 3.05 bits per heavy atom. The summed E-state index contributed by atoms with van der Waals surface area (Å²) in [6.07, 6.45) is 2.31. The predicted molar refractivity (Wildman–Crippen MR) is 76.8 cm³/mol. The van der Waals surface area contributed by atoms with Crippen LogP contribution in [0.15, 0.2) is 18.2 Å². The van der Waals surface area contributed by atoms with Gasteiger partial charge in [-0.2, -0.15) is 0 Å². The Morgan fingerprint density at radius 1 is 1.47 bits per heavy atom. The Labute approximate surface area is 113 Å². The molecule has 1 aliphatic rings. The van der Waals surface area contributed by atoms with Gasteiger partial charge in [-0.05, 0) is 31.5 Å². The molecule has 2 aromatic rings. The molecule has 1 aromatic carbocycles. The molecule has 4 heteroatoms. The summed E-state index contributed by atoms with van der Waals surface area (Å²) in [6.45, 7) is 5.40. The van der Waals surface area contributed by atoms with Crippen LogP contribution in [-0.2, 0) is 6.54 Å². The molecule has 1 atom stereocenters. The third-order valence-corrected chi connectivity index (χ3v) is 3.86. The molecule has 1 N–H and O–H groups in total. The highest BCUT2D eigenvalue weighted by Crippen LogP contribution is 2.28. The van der Waals surface area contributed by atoms with E-state index in [0.29, 0.717) is 5.92 Å². The Hall–Kier alpha value is -1.55. The van der Waals surface area contributed by atoms with Crippen LogP contribution in [0.4, 0.5) is 0 Å². The van der Waals surface area contributed by atoms with E-state index in [1.54, 1.807) is 7.11 Å². The molecular formula is C15H21N3O. The van der Waals surface area contributed by atoms with Gasteiger partial charge in [0.05, 0.1) is 18.1 Å². The quantitative estimate of drug-likeness (QED) is 0.917. The number of benzene rings is 1. The van der Waals surface area contributed by atoms with E-state index >= 15 is 0 Å². The highest BCUT2D eigenvalue weighted by molar-refractivity contribution is 5.78. The first kappa shape index (κ1) is 12.5. The smallest absolute Gasteiger partial charge is 0.121 e. The lowest BCUT2D eigenvalue weighted by Gasteiger charge is -2.12. The fraction of sp³-hybridized carbons (Fsp3) is 0.533. The average molecular weight is 259 g/mol. The summed E-state index contributed by atoms with van der Waals surface area (Å²) in [7, 11) is 1.70. The summed E-state index contributed by atoms with van der Waals surface area (Å²) < 4.78 is 7.68. The van der Waals surface area contributed by atoms with Crippen molar-refractivity contribution in [3.05, 3.63) is 24.0 Å². The van der Waals surface area contributed by atoms with Crippen LogP contribution in [0.2, 0.25) is 0 Å². The van der Waals surface area contributed by atoms with Crippen molar-refractivity contribution < 1.29 is 4.74 Å².